The molecule has 0 saturated carbocycles. The second-order valence-electron chi connectivity index (χ2n) is 10.5. The molecule has 0 amide bonds. The SMILES string of the molecule is C[C@@H](c1ccccc1)N(Cc1ccccc1)C(CCN1CCCC(F)C1F)CC(=O)OC(C)(C)C. The van der Waals surface area contributed by atoms with Crippen LogP contribution in [0.5, 0.6) is 0 Å². The van der Waals surface area contributed by atoms with Crippen molar-refractivity contribution in [3.63, 3.8) is 0 Å². The van der Waals surface area contributed by atoms with E-state index in [0.29, 0.717) is 32.5 Å². The van der Waals surface area contributed by atoms with Crippen molar-refractivity contribution in [2.24, 2.45) is 0 Å². The predicted octanol–water partition coefficient (Wildman–Crippen LogP) is 6.47. The van der Waals surface area contributed by atoms with E-state index in [1.807, 2.05) is 57.2 Å². The predicted molar refractivity (Wildman–Crippen MR) is 136 cm³/mol. The highest BCUT2D eigenvalue weighted by atomic mass is 19.2. The zero-order valence-electron chi connectivity index (χ0n) is 21.5. The normalized spacial score (nSPS) is 21.0. The zero-order valence-corrected chi connectivity index (χ0v) is 21.5. The summed E-state index contributed by atoms with van der Waals surface area (Å²) in [6, 6.07) is 20.1. The Kier molecular flexibility index (Phi) is 9.81. The van der Waals surface area contributed by atoms with Gasteiger partial charge in [-0.2, -0.15) is 0 Å². The van der Waals surface area contributed by atoms with Gasteiger partial charge >= 0.3 is 5.97 Å². The summed E-state index contributed by atoms with van der Waals surface area (Å²) < 4.78 is 34.3. The van der Waals surface area contributed by atoms with Gasteiger partial charge in [0.1, 0.15) is 11.8 Å². The third-order valence-electron chi connectivity index (χ3n) is 6.60. The molecule has 0 N–H and O–H groups in total. The van der Waals surface area contributed by atoms with E-state index in [2.05, 4.69) is 36.1 Å². The maximum Gasteiger partial charge on any atom is 0.307 e. The summed E-state index contributed by atoms with van der Waals surface area (Å²) >= 11 is 0. The van der Waals surface area contributed by atoms with Crippen molar-refractivity contribution in [1.82, 2.24) is 9.80 Å². The van der Waals surface area contributed by atoms with Gasteiger partial charge in [0.05, 0.1) is 6.42 Å². The van der Waals surface area contributed by atoms with Crippen molar-refractivity contribution >= 4 is 5.97 Å². The van der Waals surface area contributed by atoms with Gasteiger partial charge in [-0.1, -0.05) is 60.7 Å². The highest BCUT2D eigenvalue weighted by Crippen LogP contribution is 2.29. The molecule has 192 valence electrons. The second kappa shape index (κ2) is 12.6. The Morgan fingerprint density at radius 3 is 2.34 bits per heavy atom. The Hall–Kier alpha value is -2.31. The Balaban J connectivity index is 1.87. The number of halogens is 2. The van der Waals surface area contributed by atoms with Crippen LogP contribution in [0.3, 0.4) is 0 Å². The topological polar surface area (TPSA) is 32.8 Å². The smallest absolute Gasteiger partial charge is 0.307 e. The molecule has 3 unspecified atom stereocenters. The third kappa shape index (κ3) is 8.39. The molecule has 2 aromatic rings. The van der Waals surface area contributed by atoms with Gasteiger partial charge in [-0.3, -0.25) is 14.6 Å². The van der Waals surface area contributed by atoms with E-state index < -0.39 is 18.1 Å². The van der Waals surface area contributed by atoms with Crippen LogP contribution in [-0.2, 0) is 16.1 Å². The summed E-state index contributed by atoms with van der Waals surface area (Å²) in [4.78, 5) is 16.8. The number of benzene rings is 2. The van der Waals surface area contributed by atoms with Crippen molar-refractivity contribution in [3.8, 4) is 0 Å². The quantitative estimate of drug-likeness (QED) is 0.285. The summed E-state index contributed by atoms with van der Waals surface area (Å²) in [7, 11) is 0. The molecule has 6 heteroatoms. The zero-order chi connectivity index (χ0) is 25.4. The molecule has 2 aromatic carbocycles. The molecule has 1 aliphatic heterocycles. The maximum atomic E-state index is 14.6. The third-order valence-corrected chi connectivity index (χ3v) is 6.60. The van der Waals surface area contributed by atoms with E-state index >= 15 is 0 Å². The number of alkyl halides is 2. The van der Waals surface area contributed by atoms with Gasteiger partial charge in [-0.05, 0) is 58.1 Å². The first kappa shape index (κ1) is 27.3. The first-order valence-electron chi connectivity index (χ1n) is 12.7. The number of hydrogen-bond donors (Lipinski definition) is 0. The van der Waals surface area contributed by atoms with Crippen LogP contribution in [-0.4, -0.2) is 53.0 Å². The van der Waals surface area contributed by atoms with Crippen molar-refractivity contribution in [1.29, 1.82) is 0 Å². The van der Waals surface area contributed by atoms with Crippen LogP contribution in [0.2, 0.25) is 0 Å². The molecule has 0 aromatic heterocycles. The summed E-state index contributed by atoms with van der Waals surface area (Å²) in [5, 5.41) is 0. The molecule has 0 radical (unpaired) electrons. The lowest BCUT2D eigenvalue weighted by Gasteiger charge is -2.39. The van der Waals surface area contributed by atoms with Crippen molar-refractivity contribution < 1.29 is 18.3 Å². The molecule has 35 heavy (non-hydrogen) atoms. The van der Waals surface area contributed by atoms with E-state index in [1.54, 1.807) is 4.90 Å². The lowest BCUT2D eigenvalue weighted by molar-refractivity contribution is -0.156. The summed E-state index contributed by atoms with van der Waals surface area (Å²) in [5.41, 5.74) is 1.69. The molecule has 0 aliphatic carbocycles. The fraction of sp³-hybridized carbons (Fsp3) is 0.552. The number of carbonyl (C=O) groups excluding carboxylic acids is 1. The highest BCUT2D eigenvalue weighted by Gasteiger charge is 2.34. The number of carbonyl (C=O) groups is 1. The van der Waals surface area contributed by atoms with Gasteiger partial charge < -0.3 is 4.74 Å². The van der Waals surface area contributed by atoms with Crippen LogP contribution in [0.4, 0.5) is 8.78 Å². The van der Waals surface area contributed by atoms with Gasteiger partial charge in [0.25, 0.3) is 0 Å². The molecule has 1 aliphatic rings. The lowest BCUT2D eigenvalue weighted by atomic mass is 9.99. The molecule has 0 spiro atoms. The minimum Gasteiger partial charge on any atom is -0.460 e. The Morgan fingerprint density at radius 2 is 1.71 bits per heavy atom. The fourth-order valence-electron chi connectivity index (χ4n) is 4.79. The average Bonchev–Trinajstić information content (AvgIpc) is 2.82. The molecular weight excluding hydrogens is 446 g/mol. The monoisotopic (exact) mass is 486 g/mol. The number of piperidine rings is 1. The van der Waals surface area contributed by atoms with Gasteiger partial charge in [0.15, 0.2) is 6.30 Å². The van der Waals surface area contributed by atoms with Crippen molar-refractivity contribution in [2.45, 2.75) is 90.1 Å². The second-order valence-corrected chi connectivity index (χ2v) is 10.5. The van der Waals surface area contributed by atoms with E-state index in [0.717, 1.165) is 11.1 Å². The van der Waals surface area contributed by atoms with Crippen LogP contribution in [0.25, 0.3) is 0 Å². The van der Waals surface area contributed by atoms with Gasteiger partial charge in [0, 0.05) is 31.7 Å². The van der Waals surface area contributed by atoms with Crippen molar-refractivity contribution in [2.75, 3.05) is 13.1 Å². The molecule has 0 bridgehead atoms. The number of esters is 1. The lowest BCUT2D eigenvalue weighted by Crippen LogP contribution is -2.47. The number of likely N-dealkylation sites (tertiary alicyclic amines) is 1. The van der Waals surface area contributed by atoms with Crippen LogP contribution < -0.4 is 0 Å². The van der Waals surface area contributed by atoms with E-state index in [-0.39, 0.29) is 30.9 Å². The summed E-state index contributed by atoms with van der Waals surface area (Å²) in [6.07, 6.45) is -1.39. The van der Waals surface area contributed by atoms with Gasteiger partial charge in [-0.15, -0.1) is 0 Å². The number of nitrogens with zero attached hydrogens (tertiary/aromatic N) is 2. The van der Waals surface area contributed by atoms with E-state index in [4.69, 9.17) is 4.74 Å². The molecule has 4 nitrogen and oxygen atoms in total. The van der Waals surface area contributed by atoms with Crippen LogP contribution in [0.15, 0.2) is 60.7 Å². The fourth-order valence-corrected chi connectivity index (χ4v) is 4.79. The molecule has 1 heterocycles. The number of hydrogen-bond acceptors (Lipinski definition) is 4. The number of rotatable bonds is 10. The molecule has 1 saturated heterocycles. The first-order valence-corrected chi connectivity index (χ1v) is 12.7. The molecule has 3 rings (SSSR count). The van der Waals surface area contributed by atoms with Gasteiger partial charge in [-0.25, -0.2) is 8.78 Å². The van der Waals surface area contributed by atoms with Crippen LogP contribution >= 0.6 is 0 Å². The van der Waals surface area contributed by atoms with Crippen LogP contribution in [0, 0.1) is 0 Å². The Bertz CT molecular complexity index is 904. The minimum absolute atomic E-state index is 0.0142. The standard InChI is InChI=1S/C29H40F2N2O2/c1-22(24-14-9-6-10-15-24)33(21-23-12-7-5-8-13-23)25(20-27(34)35-29(2,3)4)17-19-32-18-11-16-26(30)28(32)31/h5-10,12-15,22,25-26,28H,11,16-21H2,1-4H3/t22-,25?,26?,28?/m0/s1. The molecule has 1 fully saturated rings. The van der Waals surface area contributed by atoms with E-state index in [9.17, 15) is 13.6 Å². The summed E-state index contributed by atoms with van der Waals surface area (Å²) in [5.74, 6) is -0.278. The highest BCUT2D eigenvalue weighted by molar-refractivity contribution is 5.70. The largest absolute Gasteiger partial charge is 0.460 e. The summed E-state index contributed by atoms with van der Waals surface area (Å²) in [6.45, 7) is 9.27. The van der Waals surface area contributed by atoms with Gasteiger partial charge in [0.2, 0.25) is 0 Å². The minimum atomic E-state index is -1.58. The molecular formula is C29H40F2N2O2. The van der Waals surface area contributed by atoms with Crippen molar-refractivity contribution in [3.05, 3.63) is 71.8 Å². The first-order chi connectivity index (χ1) is 16.6. The number of ether oxygens (including phenoxy) is 1. The Morgan fingerprint density at radius 1 is 1.09 bits per heavy atom. The molecule has 4 atom stereocenters. The van der Waals surface area contributed by atoms with Crippen LogP contribution in [0.1, 0.15) is 70.5 Å². The maximum absolute atomic E-state index is 14.6. The average molecular weight is 487 g/mol. The van der Waals surface area contributed by atoms with E-state index in [1.165, 1.54) is 0 Å². The Labute approximate surface area is 209 Å².